The van der Waals surface area contributed by atoms with Crippen LogP contribution in [0.1, 0.15) is 0 Å². The van der Waals surface area contributed by atoms with E-state index < -0.39 is 0 Å². The molecule has 0 aliphatic carbocycles. The highest BCUT2D eigenvalue weighted by Gasteiger charge is 1.80. The van der Waals surface area contributed by atoms with Gasteiger partial charge in [0, 0.05) is 12.3 Å². The van der Waals surface area contributed by atoms with Crippen LogP contribution in [0.25, 0.3) is 0 Å². The van der Waals surface area contributed by atoms with Gasteiger partial charge in [0.1, 0.15) is 0 Å². The Morgan fingerprint density at radius 3 is 2.56 bits per heavy atom. The van der Waals surface area contributed by atoms with Crippen LogP contribution in [0.5, 0.6) is 0 Å². The lowest BCUT2D eigenvalue weighted by Crippen LogP contribution is -1.92. The Hall–Kier alpha value is -1.31. The molecule has 0 fully saturated rings. The average Bonchev–Trinajstić information content (AvgIpc) is 1.89. The molecule has 0 bridgehead atoms. The van der Waals surface area contributed by atoms with Crippen molar-refractivity contribution in [3.8, 4) is 0 Å². The lowest BCUT2D eigenvalue weighted by molar-refractivity contribution is -0.110. The summed E-state index contributed by atoms with van der Waals surface area (Å²) in [4.78, 5) is 10.4. The highest BCUT2D eigenvalue weighted by molar-refractivity contribution is 5.98. The summed E-state index contributed by atoms with van der Waals surface area (Å²) in [5, 5.41) is 2.63. The van der Waals surface area contributed by atoms with Crippen LogP contribution in [-0.2, 0) is 4.79 Å². The molecule has 0 rings (SSSR count). The zero-order valence-corrected chi connectivity index (χ0v) is 5.13. The van der Waals surface area contributed by atoms with E-state index in [1.165, 1.54) is 24.6 Å². The second-order valence-electron chi connectivity index (χ2n) is 1.31. The molecule has 0 saturated carbocycles. The van der Waals surface area contributed by atoms with Crippen LogP contribution < -0.4 is 5.32 Å². The number of carbonyl (C=O) groups excluding carboxylic acids is 1. The topological polar surface area (TPSA) is 29.1 Å². The van der Waals surface area contributed by atoms with Crippen LogP contribution in [0, 0.1) is 0 Å². The van der Waals surface area contributed by atoms with Crippen LogP contribution in [-0.4, -0.2) is 5.78 Å². The van der Waals surface area contributed by atoms with E-state index in [-0.39, 0.29) is 5.78 Å². The minimum absolute atomic E-state index is 0.121. The SMILES string of the molecule is C=CNC=CC(=O)C=C. The molecule has 0 aliphatic heterocycles. The van der Waals surface area contributed by atoms with Crippen molar-refractivity contribution in [2.45, 2.75) is 0 Å². The molecule has 0 unspecified atom stereocenters. The maximum atomic E-state index is 10.4. The Morgan fingerprint density at radius 2 is 2.11 bits per heavy atom. The summed E-state index contributed by atoms with van der Waals surface area (Å²) in [5.74, 6) is -0.121. The predicted molar refractivity (Wildman–Crippen MR) is 37.7 cm³/mol. The van der Waals surface area contributed by atoms with Crippen molar-refractivity contribution in [3.63, 3.8) is 0 Å². The first kappa shape index (κ1) is 7.69. The first-order chi connectivity index (χ1) is 4.31. The third-order valence-corrected chi connectivity index (χ3v) is 0.663. The van der Waals surface area contributed by atoms with Crippen molar-refractivity contribution in [1.82, 2.24) is 5.32 Å². The van der Waals surface area contributed by atoms with Gasteiger partial charge in [0.25, 0.3) is 0 Å². The Balaban J connectivity index is 3.56. The van der Waals surface area contributed by atoms with Crippen LogP contribution in [0.2, 0.25) is 0 Å². The highest BCUT2D eigenvalue weighted by Crippen LogP contribution is 1.73. The molecule has 1 N–H and O–H groups in total. The molecule has 0 saturated heterocycles. The molecular formula is C7H9NO. The van der Waals surface area contributed by atoms with Crippen molar-refractivity contribution in [1.29, 1.82) is 0 Å². The monoisotopic (exact) mass is 123 g/mol. The molecule has 2 heteroatoms. The molecule has 0 spiro atoms. The molecule has 0 aliphatic rings. The zero-order valence-electron chi connectivity index (χ0n) is 5.13. The molecule has 0 amide bonds. The maximum Gasteiger partial charge on any atom is 0.179 e. The van der Waals surface area contributed by atoms with E-state index in [9.17, 15) is 4.79 Å². The quantitative estimate of drug-likeness (QED) is 0.565. The van der Waals surface area contributed by atoms with Crippen molar-refractivity contribution in [3.05, 3.63) is 37.7 Å². The largest absolute Gasteiger partial charge is 0.368 e. The Morgan fingerprint density at radius 1 is 1.44 bits per heavy atom. The third-order valence-electron chi connectivity index (χ3n) is 0.663. The van der Waals surface area contributed by atoms with E-state index in [1.807, 2.05) is 0 Å². The molecule has 0 aromatic rings. The molecule has 48 valence electrons. The first-order valence-electron chi connectivity index (χ1n) is 2.51. The Labute approximate surface area is 54.6 Å². The fraction of sp³-hybridized carbons (Fsp3) is 0. The van der Waals surface area contributed by atoms with Gasteiger partial charge in [-0.05, 0) is 12.3 Å². The highest BCUT2D eigenvalue weighted by atomic mass is 16.1. The summed E-state index contributed by atoms with van der Waals surface area (Å²) in [6, 6.07) is 0. The number of allylic oxidation sites excluding steroid dienone is 2. The van der Waals surface area contributed by atoms with Gasteiger partial charge in [-0.15, -0.1) is 0 Å². The van der Waals surface area contributed by atoms with Gasteiger partial charge in [-0.2, -0.15) is 0 Å². The average molecular weight is 123 g/mol. The van der Waals surface area contributed by atoms with Crippen molar-refractivity contribution in [2.24, 2.45) is 0 Å². The number of nitrogens with one attached hydrogen (secondary N) is 1. The summed E-state index contributed by atoms with van der Waals surface area (Å²) < 4.78 is 0. The molecule has 0 radical (unpaired) electrons. The lowest BCUT2D eigenvalue weighted by atomic mass is 10.4. The summed E-state index contributed by atoms with van der Waals surface area (Å²) >= 11 is 0. The van der Waals surface area contributed by atoms with Crippen LogP contribution >= 0.6 is 0 Å². The van der Waals surface area contributed by atoms with Gasteiger partial charge >= 0.3 is 0 Å². The molecule has 9 heavy (non-hydrogen) atoms. The molecule has 2 nitrogen and oxygen atoms in total. The Kier molecular flexibility index (Phi) is 4.14. The standard InChI is InChI=1S/C7H9NO/c1-3-7(9)5-6-8-4-2/h3-6,8H,1-2H2. The van der Waals surface area contributed by atoms with E-state index in [4.69, 9.17) is 0 Å². The molecule has 0 atom stereocenters. The van der Waals surface area contributed by atoms with Gasteiger partial charge in [0.05, 0.1) is 0 Å². The van der Waals surface area contributed by atoms with E-state index in [0.29, 0.717) is 0 Å². The van der Waals surface area contributed by atoms with E-state index in [0.717, 1.165) is 0 Å². The second kappa shape index (κ2) is 4.84. The van der Waals surface area contributed by atoms with Crippen LogP contribution in [0.15, 0.2) is 37.7 Å². The van der Waals surface area contributed by atoms with Gasteiger partial charge in [-0.1, -0.05) is 13.2 Å². The number of ketones is 1. The van der Waals surface area contributed by atoms with Crippen molar-refractivity contribution in [2.75, 3.05) is 0 Å². The summed E-state index contributed by atoms with van der Waals surface area (Å²) in [6.07, 6.45) is 5.58. The molecule has 0 aromatic carbocycles. The number of rotatable bonds is 4. The van der Waals surface area contributed by atoms with Crippen molar-refractivity contribution < 1.29 is 4.79 Å². The predicted octanol–water partition coefficient (Wildman–Crippen LogP) is 0.988. The third kappa shape index (κ3) is 4.55. The minimum atomic E-state index is -0.121. The smallest absolute Gasteiger partial charge is 0.179 e. The minimum Gasteiger partial charge on any atom is -0.368 e. The van der Waals surface area contributed by atoms with Gasteiger partial charge in [-0.25, -0.2) is 0 Å². The number of hydrogen-bond acceptors (Lipinski definition) is 2. The lowest BCUT2D eigenvalue weighted by Gasteiger charge is -1.83. The van der Waals surface area contributed by atoms with Gasteiger partial charge in [-0.3, -0.25) is 4.79 Å². The van der Waals surface area contributed by atoms with E-state index in [1.54, 1.807) is 0 Å². The second-order valence-corrected chi connectivity index (χ2v) is 1.31. The van der Waals surface area contributed by atoms with Crippen molar-refractivity contribution >= 4 is 5.78 Å². The van der Waals surface area contributed by atoms with Gasteiger partial charge in [0.2, 0.25) is 0 Å². The van der Waals surface area contributed by atoms with Gasteiger partial charge < -0.3 is 5.32 Å². The first-order valence-corrected chi connectivity index (χ1v) is 2.51. The van der Waals surface area contributed by atoms with E-state index in [2.05, 4.69) is 18.5 Å². The molecular weight excluding hydrogens is 114 g/mol. The summed E-state index contributed by atoms with van der Waals surface area (Å²) in [7, 11) is 0. The summed E-state index contributed by atoms with van der Waals surface area (Å²) in [5.41, 5.74) is 0. The van der Waals surface area contributed by atoms with Crippen LogP contribution in [0.4, 0.5) is 0 Å². The summed E-state index contributed by atoms with van der Waals surface area (Å²) in [6.45, 7) is 6.67. The molecule has 0 aromatic heterocycles. The fourth-order valence-corrected chi connectivity index (χ4v) is 0.266. The normalized spacial score (nSPS) is 8.89. The molecule has 0 heterocycles. The number of hydrogen-bond donors (Lipinski definition) is 1. The van der Waals surface area contributed by atoms with Crippen LogP contribution in [0.3, 0.4) is 0 Å². The fourth-order valence-electron chi connectivity index (χ4n) is 0.266. The number of carbonyl (C=O) groups is 1. The van der Waals surface area contributed by atoms with E-state index >= 15 is 0 Å². The maximum absolute atomic E-state index is 10.4. The van der Waals surface area contributed by atoms with Gasteiger partial charge in [0.15, 0.2) is 5.78 Å². The Bertz CT molecular complexity index is 147. The zero-order chi connectivity index (χ0) is 7.11.